The molecule has 66 valence electrons. The van der Waals surface area contributed by atoms with Crippen LogP contribution < -0.4 is 10.5 Å². The number of aromatic nitrogens is 1. The molecule has 0 saturated heterocycles. The Morgan fingerprint density at radius 1 is 1.67 bits per heavy atom. The Balaban J connectivity index is 3.22. The molecule has 0 fully saturated rings. The highest BCUT2D eigenvalue weighted by atomic mass is 19.1. The highest BCUT2D eigenvalue weighted by molar-refractivity contribution is 5.28. The molecule has 0 aliphatic carbocycles. The molecule has 0 atom stereocenters. The van der Waals surface area contributed by atoms with Crippen molar-refractivity contribution in [1.29, 1.82) is 0 Å². The van der Waals surface area contributed by atoms with Crippen LogP contribution in [0, 0.1) is 12.7 Å². The highest BCUT2D eigenvalue weighted by Gasteiger charge is 2.09. The normalized spacial score (nSPS) is 10.0. The predicted molar refractivity (Wildman–Crippen MR) is 43.4 cm³/mol. The van der Waals surface area contributed by atoms with E-state index in [1.807, 2.05) is 0 Å². The van der Waals surface area contributed by atoms with Crippen LogP contribution in [0.1, 0.15) is 11.4 Å². The van der Waals surface area contributed by atoms with Crippen LogP contribution in [0.2, 0.25) is 0 Å². The van der Waals surface area contributed by atoms with Crippen molar-refractivity contribution in [3.05, 3.63) is 23.3 Å². The van der Waals surface area contributed by atoms with Crippen molar-refractivity contribution in [3.63, 3.8) is 0 Å². The topological polar surface area (TPSA) is 48.1 Å². The monoisotopic (exact) mass is 170 g/mol. The number of pyridine rings is 1. The fourth-order valence-corrected chi connectivity index (χ4v) is 0.973. The molecule has 1 rings (SSSR count). The number of nitrogens with two attached hydrogens (primary N) is 1. The lowest BCUT2D eigenvalue weighted by Crippen LogP contribution is -2.05. The van der Waals surface area contributed by atoms with E-state index in [0.29, 0.717) is 5.69 Å². The molecule has 0 amide bonds. The van der Waals surface area contributed by atoms with Crippen LogP contribution in [-0.2, 0) is 6.54 Å². The quantitative estimate of drug-likeness (QED) is 0.720. The van der Waals surface area contributed by atoms with Crippen molar-refractivity contribution < 1.29 is 9.13 Å². The predicted octanol–water partition coefficient (Wildman–Crippen LogP) is 0.996. The van der Waals surface area contributed by atoms with Gasteiger partial charge in [0.1, 0.15) is 0 Å². The summed E-state index contributed by atoms with van der Waals surface area (Å²) in [7, 11) is 1.41. The van der Waals surface area contributed by atoms with Gasteiger partial charge < -0.3 is 10.5 Å². The second kappa shape index (κ2) is 3.49. The number of nitrogens with zero attached hydrogens (tertiary/aromatic N) is 1. The largest absolute Gasteiger partial charge is 0.494 e. The van der Waals surface area contributed by atoms with Gasteiger partial charge in [-0.05, 0) is 6.92 Å². The fourth-order valence-electron chi connectivity index (χ4n) is 0.973. The molecule has 0 bridgehead atoms. The van der Waals surface area contributed by atoms with Crippen molar-refractivity contribution in [3.8, 4) is 5.75 Å². The number of methoxy groups -OCH3 is 1. The fraction of sp³-hybridized carbons (Fsp3) is 0.375. The molecule has 12 heavy (non-hydrogen) atoms. The maximum Gasteiger partial charge on any atom is 0.187 e. The standard InChI is InChI=1S/C8H11FN2O/c1-5-3-7(12-2)8(9)6(4-10)11-5/h3H,4,10H2,1-2H3. The molecule has 0 aliphatic rings. The van der Waals surface area contributed by atoms with Gasteiger partial charge in [0.2, 0.25) is 0 Å². The number of hydrogen-bond donors (Lipinski definition) is 1. The van der Waals surface area contributed by atoms with E-state index < -0.39 is 5.82 Å². The second-order valence-corrected chi connectivity index (χ2v) is 2.43. The van der Waals surface area contributed by atoms with Crippen molar-refractivity contribution >= 4 is 0 Å². The maximum absolute atomic E-state index is 13.2. The van der Waals surface area contributed by atoms with E-state index in [1.165, 1.54) is 13.2 Å². The Hall–Kier alpha value is -1.16. The summed E-state index contributed by atoms with van der Waals surface area (Å²) in [4.78, 5) is 3.92. The summed E-state index contributed by atoms with van der Waals surface area (Å²) in [6.45, 7) is 1.85. The molecule has 1 aromatic rings. The van der Waals surface area contributed by atoms with Gasteiger partial charge in [-0.3, -0.25) is 4.98 Å². The molecule has 0 aliphatic heterocycles. The Morgan fingerprint density at radius 2 is 2.33 bits per heavy atom. The van der Waals surface area contributed by atoms with Crippen LogP contribution in [-0.4, -0.2) is 12.1 Å². The number of hydrogen-bond acceptors (Lipinski definition) is 3. The molecule has 0 saturated carbocycles. The lowest BCUT2D eigenvalue weighted by Gasteiger charge is -2.05. The third kappa shape index (κ3) is 1.53. The molecule has 1 aromatic heterocycles. The zero-order chi connectivity index (χ0) is 9.14. The smallest absolute Gasteiger partial charge is 0.187 e. The summed E-state index contributed by atoms with van der Waals surface area (Å²) < 4.78 is 18.0. The summed E-state index contributed by atoms with van der Waals surface area (Å²) in [5, 5.41) is 0. The van der Waals surface area contributed by atoms with Crippen molar-refractivity contribution in [2.24, 2.45) is 5.73 Å². The van der Waals surface area contributed by atoms with E-state index in [2.05, 4.69) is 4.98 Å². The Morgan fingerprint density at radius 3 is 2.83 bits per heavy atom. The van der Waals surface area contributed by atoms with Gasteiger partial charge in [-0.15, -0.1) is 0 Å². The van der Waals surface area contributed by atoms with Gasteiger partial charge in [0.25, 0.3) is 0 Å². The molecule has 4 heteroatoms. The third-order valence-corrected chi connectivity index (χ3v) is 1.53. The van der Waals surface area contributed by atoms with Crippen LogP contribution in [0.15, 0.2) is 6.07 Å². The molecule has 0 aromatic carbocycles. The van der Waals surface area contributed by atoms with E-state index in [1.54, 1.807) is 6.92 Å². The minimum Gasteiger partial charge on any atom is -0.494 e. The van der Waals surface area contributed by atoms with Gasteiger partial charge in [-0.1, -0.05) is 0 Å². The van der Waals surface area contributed by atoms with E-state index in [-0.39, 0.29) is 18.0 Å². The molecule has 1 heterocycles. The maximum atomic E-state index is 13.2. The third-order valence-electron chi connectivity index (χ3n) is 1.53. The van der Waals surface area contributed by atoms with E-state index in [0.717, 1.165) is 0 Å². The first-order valence-corrected chi connectivity index (χ1v) is 3.59. The SMILES string of the molecule is COc1cc(C)nc(CN)c1F. The van der Waals surface area contributed by atoms with E-state index in [9.17, 15) is 4.39 Å². The first kappa shape index (κ1) is 8.93. The van der Waals surface area contributed by atoms with Crippen LogP contribution in [0.25, 0.3) is 0 Å². The van der Waals surface area contributed by atoms with Crippen molar-refractivity contribution in [2.45, 2.75) is 13.5 Å². The molecule has 2 N–H and O–H groups in total. The molecule has 0 unspecified atom stereocenters. The van der Waals surface area contributed by atoms with Crippen LogP contribution in [0.3, 0.4) is 0 Å². The van der Waals surface area contributed by atoms with Crippen molar-refractivity contribution in [2.75, 3.05) is 7.11 Å². The van der Waals surface area contributed by atoms with Crippen molar-refractivity contribution in [1.82, 2.24) is 4.98 Å². The van der Waals surface area contributed by atoms with Gasteiger partial charge in [-0.25, -0.2) is 4.39 Å². The summed E-state index contributed by atoms with van der Waals surface area (Å²) in [5.41, 5.74) is 6.23. The molecule has 0 spiro atoms. The Bertz CT molecular complexity index is 263. The van der Waals surface area contributed by atoms with Gasteiger partial charge in [0.05, 0.1) is 12.8 Å². The van der Waals surface area contributed by atoms with Crippen LogP contribution in [0.5, 0.6) is 5.75 Å². The van der Waals surface area contributed by atoms with Gasteiger partial charge in [0, 0.05) is 18.3 Å². The Labute approximate surface area is 70.4 Å². The summed E-state index contributed by atoms with van der Waals surface area (Å²) >= 11 is 0. The van der Waals surface area contributed by atoms with Crippen LogP contribution >= 0.6 is 0 Å². The number of ether oxygens (including phenoxy) is 1. The highest BCUT2D eigenvalue weighted by Crippen LogP contribution is 2.19. The molecular weight excluding hydrogens is 159 g/mol. The molecule has 0 radical (unpaired) electrons. The zero-order valence-electron chi connectivity index (χ0n) is 7.10. The molecular formula is C8H11FN2O. The van der Waals surface area contributed by atoms with Gasteiger partial charge in [0.15, 0.2) is 11.6 Å². The lowest BCUT2D eigenvalue weighted by molar-refractivity contribution is 0.381. The second-order valence-electron chi connectivity index (χ2n) is 2.43. The summed E-state index contributed by atoms with van der Waals surface area (Å²) in [6.07, 6.45) is 0. The summed E-state index contributed by atoms with van der Waals surface area (Å²) in [6, 6.07) is 1.54. The first-order chi connectivity index (χ1) is 5.69. The number of halogens is 1. The van der Waals surface area contributed by atoms with Gasteiger partial charge >= 0.3 is 0 Å². The number of aryl methyl sites for hydroxylation is 1. The average Bonchev–Trinajstić information content (AvgIpc) is 2.08. The summed E-state index contributed by atoms with van der Waals surface area (Å²) in [5.74, 6) is -0.270. The zero-order valence-corrected chi connectivity index (χ0v) is 7.10. The minimum atomic E-state index is -0.467. The van der Waals surface area contributed by atoms with Gasteiger partial charge in [-0.2, -0.15) is 0 Å². The number of rotatable bonds is 2. The Kier molecular flexibility index (Phi) is 2.60. The van der Waals surface area contributed by atoms with E-state index in [4.69, 9.17) is 10.5 Å². The lowest BCUT2D eigenvalue weighted by atomic mass is 10.3. The molecule has 3 nitrogen and oxygen atoms in total. The van der Waals surface area contributed by atoms with E-state index >= 15 is 0 Å². The average molecular weight is 170 g/mol. The minimum absolute atomic E-state index is 0.0872. The van der Waals surface area contributed by atoms with Crippen LogP contribution in [0.4, 0.5) is 4.39 Å². The first-order valence-electron chi connectivity index (χ1n) is 3.59.